The van der Waals surface area contributed by atoms with Crippen LogP contribution >= 0.6 is 23.5 Å². The van der Waals surface area contributed by atoms with Gasteiger partial charge in [-0.05, 0) is 115 Å². The molecule has 8 atom stereocenters. The van der Waals surface area contributed by atoms with Crippen LogP contribution in [0.2, 0.25) is 24.2 Å². The summed E-state index contributed by atoms with van der Waals surface area (Å²) in [7, 11) is -1.62. The van der Waals surface area contributed by atoms with E-state index in [2.05, 4.69) is 154 Å². The molecule has 43 heavy (non-hydrogen) atoms. The molecule has 2 aromatic carbocycles. The van der Waals surface area contributed by atoms with Crippen molar-refractivity contribution in [2.45, 2.75) is 128 Å². The zero-order valence-corrected chi connectivity index (χ0v) is 31.6. The van der Waals surface area contributed by atoms with Crippen LogP contribution in [0, 0.1) is 23.7 Å². The minimum atomic E-state index is -1.62. The van der Waals surface area contributed by atoms with E-state index in [0.717, 1.165) is 45.3 Å². The van der Waals surface area contributed by atoms with Crippen molar-refractivity contribution in [3.05, 3.63) is 80.6 Å². The average Bonchev–Trinajstić information content (AvgIpc) is 3.58. The lowest BCUT2D eigenvalue weighted by Gasteiger charge is -2.44. The smallest absolute Gasteiger partial charge is 0.0564 e. The minimum Gasteiger partial charge on any atom is -0.127 e. The Labute approximate surface area is 273 Å². The number of hydrogen-bond acceptors (Lipinski definition) is 2. The van der Waals surface area contributed by atoms with Crippen LogP contribution in [0.15, 0.2) is 58.3 Å². The van der Waals surface area contributed by atoms with E-state index in [-0.39, 0.29) is 10.8 Å². The Bertz CT molecular complexity index is 1320. The molecule has 0 nitrogen and oxygen atoms in total. The molecule has 232 valence electrons. The van der Waals surface area contributed by atoms with E-state index < -0.39 is 8.07 Å². The summed E-state index contributed by atoms with van der Waals surface area (Å²) in [6, 6.07) is 19.3. The van der Waals surface area contributed by atoms with Gasteiger partial charge < -0.3 is 0 Å². The summed E-state index contributed by atoms with van der Waals surface area (Å²) in [6.45, 7) is 29.7. The predicted octanol–water partition coefficient (Wildman–Crippen LogP) is 12.4. The summed E-state index contributed by atoms with van der Waals surface area (Å²) < 4.78 is 0. The van der Waals surface area contributed by atoms with Crippen LogP contribution in [0.3, 0.4) is 0 Å². The van der Waals surface area contributed by atoms with Crippen molar-refractivity contribution in [2.75, 3.05) is 0 Å². The Kier molecular flexibility index (Phi) is 8.12. The first-order chi connectivity index (χ1) is 20.0. The Morgan fingerprint density at radius 2 is 0.907 bits per heavy atom. The van der Waals surface area contributed by atoms with Gasteiger partial charge in [0.05, 0.1) is 8.07 Å². The molecular weight excluding hydrogens is 573 g/mol. The first-order valence-electron chi connectivity index (χ1n) is 17.0. The molecule has 0 radical (unpaired) electrons. The second-order valence-corrected chi connectivity index (χ2v) is 25.0. The fourth-order valence-corrected chi connectivity index (χ4v) is 21.7. The molecule has 0 saturated heterocycles. The number of benzene rings is 2. The van der Waals surface area contributed by atoms with Gasteiger partial charge in [0.1, 0.15) is 0 Å². The minimum absolute atomic E-state index is 0.203. The molecule has 6 rings (SSSR count). The molecule has 2 heterocycles. The van der Waals surface area contributed by atoms with Crippen molar-refractivity contribution in [2.24, 2.45) is 23.7 Å². The third-order valence-corrected chi connectivity index (χ3v) is 20.7. The highest BCUT2D eigenvalue weighted by Crippen LogP contribution is 2.69. The van der Waals surface area contributed by atoms with Crippen LogP contribution in [-0.2, 0) is 10.8 Å². The lowest BCUT2D eigenvalue weighted by molar-refractivity contribution is 0.545. The normalized spacial score (nSPS) is 33.0. The van der Waals surface area contributed by atoms with Gasteiger partial charge in [0, 0.05) is 10.5 Å². The second-order valence-electron chi connectivity index (χ2n) is 17.3. The van der Waals surface area contributed by atoms with Gasteiger partial charge in [-0.1, -0.05) is 117 Å². The molecule has 0 spiro atoms. The molecule has 0 aromatic heterocycles. The summed E-state index contributed by atoms with van der Waals surface area (Å²) in [5, 5.41) is 1.54. The topological polar surface area (TPSA) is 0 Å². The molecule has 2 saturated carbocycles. The van der Waals surface area contributed by atoms with E-state index in [4.69, 9.17) is 0 Å². The number of rotatable bonds is 4. The number of hydrogen-bond donors (Lipinski definition) is 0. The van der Waals surface area contributed by atoms with Crippen molar-refractivity contribution in [1.82, 2.24) is 0 Å². The summed E-state index contributed by atoms with van der Waals surface area (Å²) in [5.41, 5.74) is 11.4. The monoisotopic (exact) mass is 628 g/mol. The van der Waals surface area contributed by atoms with Crippen molar-refractivity contribution in [1.29, 1.82) is 0 Å². The summed E-state index contributed by atoms with van der Waals surface area (Å²) in [6.07, 6.45) is 2.74. The van der Waals surface area contributed by atoms with E-state index in [1.807, 2.05) is 0 Å². The average molecular weight is 629 g/mol. The van der Waals surface area contributed by atoms with Gasteiger partial charge in [-0.15, -0.1) is 23.5 Å². The maximum absolute atomic E-state index is 2.82. The van der Waals surface area contributed by atoms with Gasteiger partial charge >= 0.3 is 0 Å². The van der Waals surface area contributed by atoms with Crippen LogP contribution in [0.25, 0.3) is 11.1 Å². The maximum atomic E-state index is 2.82. The van der Waals surface area contributed by atoms with Crippen molar-refractivity contribution in [3.63, 3.8) is 0 Å². The van der Waals surface area contributed by atoms with Gasteiger partial charge in [0.25, 0.3) is 0 Å². The molecule has 2 aromatic rings. The zero-order valence-electron chi connectivity index (χ0n) is 29.0. The molecule has 0 bridgehead atoms. The maximum Gasteiger partial charge on any atom is 0.0564 e. The second kappa shape index (κ2) is 11.0. The van der Waals surface area contributed by atoms with Gasteiger partial charge in [-0.25, -0.2) is 0 Å². The number of fused-ring (bicyclic) bond motifs is 2. The highest BCUT2D eigenvalue weighted by atomic mass is 32.2. The lowest BCUT2D eigenvalue weighted by atomic mass is 9.84. The highest BCUT2D eigenvalue weighted by molar-refractivity contribution is 8.04. The fourth-order valence-electron chi connectivity index (χ4n) is 10.1. The molecule has 0 N–H and O–H groups in total. The standard InChI is InChI=1S/C40H56S2Si/c1-23-21-31-33(27-13-17-29(18-14-27)39(5,6)7)25(3)41-35(31)37(23)43(11,12)38-24(2)22-32-34(26(4)42-36(32)38)28-15-19-30(20-16-28)40(8,9)10/h13-20,23-24,31-32,35-38H,21-22H2,1-12H3. The SMILES string of the molecule is CC1=C(c2ccc(C(C)(C)C)cc2)C2CC(C)C([Si](C)(C)C3C(C)CC4C(c5ccc(C(C)(C)C)cc5)=C(C)SC43)C2S1. The zero-order chi connectivity index (χ0) is 31.2. The summed E-state index contributed by atoms with van der Waals surface area (Å²) in [4.78, 5) is 3.21. The molecule has 2 aliphatic heterocycles. The Balaban J connectivity index is 1.25. The van der Waals surface area contributed by atoms with Gasteiger partial charge in [-0.3, -0.25) is 0 Å². The first kappa shape index (κ1) is 31.8. The number of allylic oxidation sites excluding steroid dienone is 4. The molecule has 3 heteroatoms. The summed E-state index contributed by atoms with van der Waals surface area (Å²) >= 11 is 4.54. The van der Waals surface area contributed by atoms with E-state index in [1.165, 1.54) is 35.1 Å². The van der Waals surface area contributed by atoms with Gasteiger partial charge in [-0.2, -0.15) is 0 Å². The van der Waals surface area contributed by atoms with Crippen molar-refractivity contribution in [3.8, 4) is 0 Å². The van der Waals surface area contributed by atoms with Crippen LogP contribution in [-0.4, -0.2) is 18.6 Å². The van der Waals surface area contributed by atoms with Gasteiger partial charge in [0.15, 0.2) is 0 Å². The van der Waals surface area contributed by atoms with E-state index in [9.17, 15) is 0 Å². The quantitative estimate of drug-likeness (QED) is 0.309. The van der Waals surface area contributed by atoms with Crippen molar-refractivity contribution >= 4 is 42.7 Å². The lowest BCUT2D eigenvalue weighted by Crippen LogP contribution is -2.47. The molecule has 2 fully saturated rings. The number of thioether (sulfide) groups is 2. The summed E-state index contributed by atoms with van der Waals surface area (Å²) in [5.74, 6) is 3.07. The molecule has 8 unspecified atom stereocenters. The van der Waals surface area contributed by atoms with Crippen LogP contribution in [0.5, 0.6) is 0 Å². The van der Waals surface area contributed by atoms with E-state index >= 15 is 0 Å². The molecular formula is C40H56S2Si. The third kappa shape index (κ3) is 5.40. The Morgan fingerprint density at radius 3 is 1.21 bits per heavy atom. The van der Waals surface area contributed by atoms with E-state index in [1.54, 1.807) is 21.0 Å². The Hall–Kier alpha value is -1.16. The Morgan fingerprint density at radius 1 is 0.581 bits per heavy atom. The molecule has 2 aliphatic carbocycles. The predicted molar refractivity (Wildman–Crippen MR) is 198 cm³/mol. The largest absolute Gasteiger partial charge is 0.127 e. The molecule has 0 amide bonds. The third-order valence-electron chi connectivity index (χ3n) is 11.9. The van der Waals surface area contributed by atoms with Crippen molar-refractivity contribution < 1.29 is 0 Å². The molecule has 4 aliphatic rings. The van der Waals surface area contributed by atoms with Crippen LogP contribution < -0.4 is 0 Å². The first-order valence-corrected chi connectivity index (χ1v) is 21.9. The highest BCUT2D eigenvalue weighted by Gasteiger charge is 2.61. The fraction of sp³-hybridized carbons (Fsp3) is 0.600. The van der Waals surface area contributed by atoms with Crippen LogP contribution in [0.1, 0.15) is 104 Å². The van der Waals surface area contributed by atoms with E-state index in [0.29, 0.717) is 0 Å². The van der Waals surface area contributed by atoms with Crippen LogP contribution in [0.4, 0.5) is 0 Å². The van der Waals surface area contributed by atoms with Gasteiger partial charge in [0.2, 0.25) is 0 Å².